The second kappa shape index (κ2) is 4.72. The molecule has 1 saturated carbocycles. The SMILES string of the molecule is CC1(C)CCCC1C(=O)c1c(F)ccc(Br)c1F. The smallest absolute Gasteiger partial charge is 0.172 e. The van der Waals surface area contributed by atoms with Crippen LogP contribution in [0.25, 0.3) is 0 Å². The molecule has 1 aliphatic rings. The maximum Gasteiger partial charge on any atom is 0.172 e. The van der Waals surface area contributed by atoms with Crippen LogP contribution in [-0.2, 0) is 0 Å². The highest BCUT2D eigenvalue weighted by Crippen LogP contribution is 2.44. The Morgan fingerprint density at radius 2 is 2.06 bits per heavy atom. The Kier molecular flexibility index (Phi) is 3.58. The molecule has 1 aliphatic carbocycles. The van der Waals surface area contributed by atoms with Crippen molar-refractivity contribution in [2.45, 2.75) is 33.1 Å². The number of hydrogen-bond acceptors (Lipinski definition) is 1. The summed E-state index contributed by atoms with van der Waals surface area (Å²) in [6.07, 6.45) is 2.55. The van der Waals surface area contributed by atoms with E-state index >= 15 is 0 Å². The molecule has 0 aromatic heterocycles. The molecule has 1 nitrogen and oxygen atoms in total. The lowest BCUT2D eigenvalue weighted by Crippen LogP contribution is -2.27. The van der Waals surface area contributed by atoms with Gasteiger partial charge in [-0.2, -0.15) is 0 Å². The molecular formula is C14H15BrF2O. The van der Waals surface area contributed by atoms with Crippen molar-refractivity contribution in [3.63, 3.8) is 0 Å². The second-order valence-electron chi connectivity index (χ2n) is 5.52. The highest BCUT2D eigenvalue weighted by molar-refractivity contribution is 9.10. The lowest BCUT2D eigenvalue weighted by atomic mass is 9.77. The average molecular weight is 317 g/mol. The number of halogens is 3. The quantitative estimate of drug-likeness (QED) is 0.569. The summed E-state index contributed by atoms with van der Waals surface area (Å²) >= 11 is 2.99. The third-order valence-electron chi connectivity index (χ3n) is 3.86. The van der Waals surface area contributed by atoms with E-state index in [0.717, 1.165) is 18.9 Å². The molecule has 0 spiro atoms. The summed E-state index contributed by atoms with van der Waals surface area (Å²) in [4.78, 5) is 12.4. The van der Waals surface area contributed by atoms with Crippen LogP contribution in [0.5, 0.6) is 0 Å². The number of rotatable bonds is 2. The van der Waals surface area contributed by atoms with Crippen molar-refractivity contribution in [2.75, 3.05) is 0 Å². The zero-order valence-corrected chi connectivity index (χ0v) is 12.0. The molecule has 0 bridgehead atoms. The Hall–Kier alpha value is -0.770. The predicted molar refractivity (Wildman–Crippen MR) is 69.5 cm³/mol. The summed E-state index contributed by atoms with van der Waals surface area (Å²) in [6.45, 7) is 3.97. The Balaban J connectivity index is 2.44. The summed E-state index contributed by atoms with van der Waals surface area (Å²) in [5.41, 5.74) is -0.581. The van der Waals surface area contributed by atoms with E-state index in [0.29, 0.717) is 6.42 Å². The topological polar surface area (TPSA) is 17.1 Å². The van der Waals surface area contributed by atoms with Crippen LogP contribution < -0.4 is 0 Å². The van der Waals surface area contributed by atoms with Gasteiger partial charge >= 0.3 is 0 Å². The Bertz CT molecular complexity index is 497. The van der Waals surface area contributed by atoms with Crippen molar-refractivity contribution in [3.05, 3.63) is 33.8 Å². The molecule has 18 heavy (non-hydrogen) atoms. The Morgan fingerprint density at radius 1 is 1.39 bits per heavy atom. The van der Waals surface area contributed by atoms with Crippen molar-refractivity contribution in [3.8, 4) is 0 Å². The van der Waals surface area contributed by atoms with Gasteiger partial charge in [0.1, 0.15) is 5.82 Å². The third-order valence-corrected chi connectivity index (χ3v) is 4.48. The van der Waals surface area contributed by atoms with E-state index < -0.39 is 23.0 Å². The molecule has 1 atom stereocenters. The highest BCUT2D eigenvalue weighted by Gasteiger charge is 2.41. The predicted octanol–water partition coefficient (Wildman–Crippen LogP) is 4.74. The number of ketones is 1. The van der Waals surface area contributed by atoms with E-state index in [-0.39, 0.29) is 15.8 Å². The first-order valence-corrected chi connectivity index (χ1v) is 6.81. The van der Waals surface area contributed by atoms with Crippen LogP contribution in [0.1, 0.15) is 43.5 Å². The fraction of sp³-hybridized carbons (Fsp3) is 0.500. The largest absolute Gasteiger partial charge is 0.294 e. The van der Waals surface area contributed by atoms with Gasteiger partial charge in [-0.25, -0.2) is 8.78 Å². The van der Waals surface area contributed by atoms with Gasteiger partial charge in [-0.15, -0.1) is 0 Å². The fourth-order valence-corrected chi connectivity index (χ4v) is 3.07. The highest BCUT2D eigenvalue weighted by atomic mass is 79.9. The minimum atomic E-state index is -0.789. The molecule has 4 heteroatoms. The summed E-state index contributed by atoms with van der Waals surface area (Å²) in [5, 5.41) is 0. The lowest BCUT2D eigenvalue weighted by Gasteiger charge is -2.26. The van der Waals surface area contributed by atoms with Crippen LogP contribution in [0.3, 0.4) is 0 Å². The normalized spacial score (nSPS) is 22.2. The summed E-state index contributed by atoms with van der Waals surface area (Å²) < 4.78 is 27.7. The second-order valence-corrected chi connectivity index (χ2v) is 6.37. The summed E-state index contributed by atoms with van der Waals surface area (Å²) in [5.74, 6) is -2.27. The van der Waals surface area contributed by atoms with Gasteiger partial charge in [0.25, 0.3) is 0 Å². The zero-order valence-electron chi connectivity index (χ0n) is 10.4. The third kappa shape index (κ3) is 2.22. The number of benzene rings is 1. The van der Waals surface area contributed by atoms with Crippen LogP contribution in [-0.4, -0.2) is 5.78 Å². The monoisotopic (exact) mass is 316 g/mol. The summed E-state index contributed by atoms with van der Waals surface area (Å²) in [7, 11) is 0. The molecule has 0 saturated heterocycles. The molecule has 0 N–H and O–H groups in total. The van der Waals surface area contributed by atoms with Gasteiger partial charge in [-0.3, -0.25) is 4.79 Å². The minimum absolute atomic E-state index is 0.128. The first-order chi connectivity index (χ1) is 8.34. The standard InChI is InChI=1S/C14H15BrF2O/c1-14(2)7-3-4-8(14)13(18)11-10(16)6-5-9(15)12(11)17/h5-6,8H,3-4,7H2,1-2H3. The van der Waals surface area contributed by atoms with Gasteiger partial charge in [0.15, 0.2) is 11.6 Å². The van der Waals surface area contributed by atoms with Gasteiger partial charge < -0.3 is 0 Å². The molecule has 1 aromatic rings. The van der Waals surface area contributed by atoms with Gasteiger partial charge in [0.05, 0.1) is 10.0 Å². The number of hydrogen-bond donors (Lipinski definition) is 0. The van der Waals surface area contributed by atoms with E-state index in [4.69, 9.17) is 0 Å². The first kappa shape index (κ1) is 13.7. The van der Waals surface area contributed by atoms with Crippen LogP contribution in [0.2, 0.25) is 0 Å². The van der Waals surface area contributed by atoms with Crippen molar-refractivity contribution in [1.82, 2.24) is 0 Å². The zero-order chi connectivity index (χ0) is 13.5. The Morgan fingerprint density at radius 3 is 2.61 bits per heavy atom. The molecule has 2 rings (SSSR count). The number of carbonyl (C=O) groups is 1. The van der Waals surface area contributed by atoms with Crippen LogP contribution in [0.4, 0.5) is 8.78 Å². The van der Waals surface area contributed by atoms with E-state index in [1.807, 2.05) is 13.8 Å². The molecule has 0 heterocycles. The summed E-state index contributed by atoms with van der Waals surface area (Å²) in [6, 6.07) is 2.41. The van der Waals surface area contributed by atoms with Gasteiger partial charge in [-0.05, 0) is 46.3 Å². The van der Waals surface area contributed by atoms with Crippen molar-refractivity contribution in [2.24, 2.45) is 11.3 Å². The molecule has 0 radical (unpaired) electrons. The van der Waals surface area contributed by atoms with Crippen molar-refractivity contribution < 1.29 is 13.6 Å². The minimum Gasteiger partial charge on any atom is -0.294 e. The molecule has 1 unspecified atom stereocenters. The number of Topliss-reactive ketones (excluding diaryl/α,β-unsaturated/α-hetero) is 1. The van der Waals surface area contributed by atoms with Crippen LogP contribution >= 0.6 is 15.9 Å². The van der Waals surface area contributed by atoms with Gasteiger partial charge in [-0.1, -0.05) is 20.3 Å². The maximum absolute atomic E-state index is 13.9. The number of carbonyl (C=O) groups excluding carboxylic acids is 1. The van der Waals surface area contributed by atoms with E-state index in [9.17, 15) is 13.6 Å². The molecule has 0 amide bonds. The molecule has 1 aromatic carbocycles. The van der Waals surface area contributed by atoms with Gasteiger partial charge in [0, 0.05) is 5.92 Å². The molecular weight excluding hydrogens is 302 g/mol. The van der Waals surface area contributed by atoms with E-state index in [2.05, 4.69) is 15.9 Å². The van der Waals surface area contributed by atoms with Crippen molar-refractivity contribution in [1.29, 1.82) is 0 Å². The van der Waals surface area contributed by atoms with Crippen LogP contribution in [0.15, 0.2) is 16.6 Å². The lowest BCUT2D eigenvalue weighted by molar-refractivity contribution is 0.0830. The van der Waals surface area contributed by atoms with Crippen molar-refractivity contribution >= 4 is 21.7 Å². The Labute approximate surface area is 114 Å². The maximum atomic E-state index is 13.9. The van der Waals surface area contributed by atoms with E-state index in [1.165, 1.54) is 6.07 Å². The molecule has 0 aliphatic heterocycles. The first-order valence-electron chi connectivity index (χ1n) is 6.02. The van der Waals surface area contributed by atoms with E-state index in [1.54, 1.807) is 0 Å². The fourth-order valence-electron chi connectivity index (χ4n) is 2.74. The molecule has 1 fully saturated rings. The molecule has 98 valence electrons. The average Bonchev–Trinajstić information content (AvgIpc) is 2.64. The van der Waals surface area contributed by atoms with Gasteiger partial charge in [0.2, 0.25) is 0 Å². The van der Waals surface area contributed by atoms with Crippen LogP contribution in [0, 0.1) is 23.0 Å².